The molecule has 86 valence electrons. The summed E-state index contributed by atoms with van der Waals surface area (Å²) in [5.74, 6) is 0.952. The van der Waals surface area contributed by atoms with Gasteiger partial charge in [-0.3, -0.25) is 0 Å². The first-order chi connectivity index (χ1) is 7.90. The summed E-state index contributed by atoms with van der Waals surface area (Å²) in [5.41, 5.74) is 1.12. The molecule has 16 heavy (non-hydrogen) atoms. The SMILES string of the molecule is CNCc1occc1COCc1cccs1. The quantitative estimate of drug-likeness (QED) is 0.839. The Morgan fingerprint density at radius 1 is 1.38 bits per heavy atom. The van der Waals surface area contributed by atoms with Crippen LogP contribution >= 0.6 is 11.3 Å². The van der Waals surface area contributed by atoms with E-state index in [1.54, 1.807) is 17.6 Å². The second kappa shape index (κ2) is 5.84. The minimum Gasteiger partial charge on any atom is -0.468 e. The average Bonchev–Trinajstić information content (AvgIpc) is 2.91. The first kappa shape index (κ1) is 11.4. The van der Waals surface area contributed by atoms with Gasteiger partial charge in [-0.2, -0.15) is 0 Å². The third kappa shape index (κ3) is 2.95. The fraction of sp³-hybridized carbons (Fsp3) is 0.333. The van der Waals surface area contributed by atoms with Gasteiger partial charge in [-0.1, -0.05) is 6.07 Å². The highest BCUT2D eigenvalue weighted by atomic mass is 32.1. The van der Waals surface area contributed by atoms with Gasteiger partial charge in [-0.25, -0.2) is 0 Å². The lowest BCUT2D eigenvalue weighted by molar-refractivity contribution is 0.108. The average molecular weight is 237 g/mol. The summed E-state index contributed by atoms with van der Waals surface area (Å²) in [6.07, 6.45) is 1.70. The predicted molar refractivity (Wildman–Crippen MR) is 64.3 cm³/mol. The Hall–Kier alpha value is -1.10. The van der Waals surface area contributed by atoms with E-state index in [1.807, 2.05) is 19.2 Å². The molecule has 0 amide bonds. The number of hydrogen-bond acceptors (Lipinski definition) is 4. The highest BCUT2D eigenvalue weighted by Gasteiger charge is 2.05. The van der Waals surface area contributed by atoms with Gasteiger partial charge in [0.05, 0.1) is 26.0 Å². The van der Waals surface area contributed by atoms with Crippen LogP contribution in [0.1, 0.15) is 16.2 Å². The van der Waals surface area contributed by atoms with Crippen molar-refractivity contribution in [3.05, 3.63) is 46.0 Å². The molecule has 0 aliphatic rings. The molecule has 0 saturated carbocycles. The van der Waals surface area contributed by atoms with Gasteiger partial charge < -0.3 is 14.5 Å². The van der Waals surface area contributed by atoms with Crippen molar-refractivity contribution in [2.75, 3.05) is 7.05 Å². The fourth-order valence-corrected chi connectivity index (χ4v) is 2.11. The number of nitrogens with one attached hydrogen (secondary N) is 1. The summed E-state index contributed by atoms with van der Waals surface area (Å²) in [7, 11) is 1.90. The van der Waals surface area contributed by atoms with E-state index < -0.39 is 0 Å². The van der Waals surface area contributed by atoms with Gasteiger partial charge in [0.15, 0.2) is 0 Å². The van der Waals surface area contributed by atoms with Crippen LogP contribution in [0, 0.1) is 0 Å². The van der Waals surface area contributed by atoms with Crippen LogP contribution in [-0.2, 0) is 24.5 Å². The molecule has 3 nitrogen and oxygen atoms in total. The molecule has 0 aliphatic heterocycles. The molecule has 2 aromatic heterocycles. The van der Waals surface area contributed by atoms with E-state index in [2.05, 4.69) is 16.8 Å². The van der Waals surface area contributed by atoms with Crippen LogP contribution in [0.15, 0.2) is 34.3 Å². The van der Waals surface area contributed by atoms with Crippen molar-refractivity contribution in [2.24, 2.45) is 0 Å². The third-order valence-corrected chi connectivity index (χ3v) is 3.11. The number of ether oxygens (including phenoxy) is 1. The number of furan rings is 1. The summed E-state index contributed by atoms with van der Waals surface area (Å²) in [4.78, 5) is 1.25. The second-order valence-corrected chi connectivity index (χ2v) is 4.50. The maximum atomic E-state index is 5.63. The Morgan fingerprint density at radius 2 is 2.31 bits per heavy atom. The van der Waals surface area contributed by atoms with Crippen molar-refractivity contribution >= 4 is 11.3 Å². The van der Waals surface area contributed by atoms with Gasteiger partial charge in [0, 0.05) is 10.4 Å². The molecular weight excluding hydrogens is 222 g/mol. The molecule has 0 bridgehead atoms. The van der Waals surface area contributed by atoms with E-state index >= 15 is 0 Å². The van der Waals surface area contributed by atoms with Crippen LogP contribution in [0.4, 0.5) is 0 Å². The summed E-state index contributed by atoms with van der Waals surface area (Å²) in [5, 5.41) is 5.13. The van der Waals surface area contributed by atoms with Gasteiger partial charge in [0.25, 0.3) is 0 Å². The Kier molecular flexibility index (Phi) is 4.16. The molecule has 0 aliphatic carbocycles. The van der Waals surface area contributed by atoms with Crippen molar-refractivity contribution in [1.82, 2.24) is 5.32 Å². The third-order valence-electron chi connectivity index (χ3n) is 2.26. The van der Waals surface area contributed by atoms with Crippen molar-refractivity contribution in [3.8, 4) is 0 Å². The highest BCUT2D eigenvalue weighted by molar-refractivity contribution is 7.09. The zero-order valence-corrected chi connectivity index (χ0v) is 10.0. The zero-order valence-electron chi connectivity index (χ0n) is 9.23. The normalized spacial score (nSPS) is 10.8. The van der Waals surface area contributed by atoms with Crippen LogP contribution < -0.4 is 5.32 Å². The molecule has 0 atom stereocenters. The lowest BCUT2D eigenvalue weighted by Crippen LogP contribution is -2.06. The molecule has 0 unspecified atom stereocenters. The first-order valence-electron chi connectivity index (χ1n) is 5.20. The minimum absolute atomic E-state index is 0.603. The highest BCUT2D eigenvalue weighted by Crippen LogP contribution is 2.14. The van der Waals surface area contributed by atoms with Crippen molar-refractivity contribution in [1.29, 1.82) is 0 Å². The summed E-state index contributed by atoms with van der Waals surface area (Å²) < 4.78 is 11.0. The minimum atomic E-state index is 0.603. The first-order valence-corrected chi connectivity index (χ1v) is 6.08. The largest absolute Gasteiger partial charge is 0.468 e. The topological polar surface area (TPSA) is 34.4 Å². The molecule has 0 radical (unpaired) electrons. The molecule has 0 fully saturated rings. The van der Waals surface area contributed by atoms with E-state index in [9.17, 15) is 0 Å². The van der Waals surface area contributed by atoms with Gasteiger partial charge in [-0.15, -0.1) is 11.3 Å². The van der Waals surface area contributed by atoms with Crippen molar-refractivity contribution < 1.29 is 9.15 Å². The van der Waals surface area contributed by atoms with Crippen LogP contribution in [0.25, 0.3) is 0 Å². The lowest BCUT2D eigenvalue weighted by Gasteiger charge is -2.03. The van der Waals surface area contributed by atoms with Crippen LogP contribution in [0.2, 0.25) is 0 Å². The molecule has 0 spiro atoms. The van der Waals surface area contributed by atoms with Gasteiger partial charge >= 0.3 is 0 Å². The second-order valence-electron chi connectivity index (χ2n) is 3.47. The fourth-order valence-electron chi connectivity index (χ4n) is 1.47. The number of hydrogen-bond donors (Lipinski definition) is 1. The van der Waals surface area contributed by atoms with E-state index in [0.29, 0.717) is 13.2 Å². The Labute approximate surface area is 99.0 Å². The molecule has 2 rings (SSSR count). The van der Waals surface area contributed by atoms with E-state index in [4.69, 9.17) is 9.15 Å². The summed E-state index contributed by atoms with van der Waals surface area (Å²) >= 11 is 1.71. The van der Waals surface area contributed by atoms with Crippen molar-refractivity contribution in [3.63, 3.8) is 0 Å². The Morgan fingerprint density at radius 3 is 3.06 bits per heavy atom. The smallest absolute Gasteiger partial charge is 0.123 e. The number of thiophene rings is 1. The molecule has 1 N–H and O–H groups in total. The molecular formula is C12H15NO2S. The monoisotopic (exact) mass is 237 g/mol. The van der Waals surface area contributed by atoms with E-state index in [1.165, 1.54) is 4.88 Å². The van der Waals surface area contributed by atoms with Crippen LogP contribution in [0.5, 0.6) is 0 Å². The molecule has 2 aromatic rings. The van der Waals surface area contributed by atoms with Gasteiger partial charge in [0.2, 0.25) is 0 Å². The van der Waals surface area contributed by atoms with Crippen LogP contribution in [0.3, 0.4) is 0 Å². The maximum Gasteiger partial charge on any atom is 0.123 e. The standard InChI is InChI=1S/C12H15NO2S/c1-13-7-12-10(4-5-15-12)8-14-9-11-3-2-6-16-11/h2-6,13H,7-9H2,1H3. The van der Waals surface area contributed by atoms with E-state index in [-0.39, 0.29) is 0 Å². The molecule has 4 heteroatoms. The summed E-state index contributed by atoms with van der Waals surface area (Å²) in [6, 6.07) is 6.07. The molecule has 0 saturated heterocycles. The summed E-state index contributed by atoms with van der Waals surface area (Å²) in [6.45, 7) is 2.01. The van der Waals surface area contributed by atoms with Crippen molar-refractivity contribution in [2.45, 2.75) is 19.8 Å². The van der Waals surface area contributed by atoms with Gasteiger partial charge in [0.1, 0.15) is 5.76 Å². The number of rotatable bonds is 6. The van der Waals surface area contributed by atoms with Gasteiger partial charge in [-0.05, 0) is 24.6 Å². The van der Waals surface area contributed by atoms with E-state index in [0.717, 1.165) is 17.9 Å². The molecule has 2 heterocycles. The lowest BCUT2D eigenvalue weighted by atomic mass is 10.2. The van der Waals surface area contributed by atoms with Crippen LogP contribution in [-0.4, -0.2) is 7.05 Å². The Balaban J connectivity index is 1.82. The zero-order chi connectivity index (χ0) is 11.2. The predicted octanol–water partition coefficient (Wildman–Crippen LogP) is 2.78. The molecule has 0 aromatic carbocycles. The Bertz CT molecular complexity index is 408. The maximum absolute atomic E-state index is 5.63.